The Hall–Kier alpha value is -4.22. The summed E-state index contributed by atoms with van der Waals surface area (Å²) in [7, 11) is 3.19. The number of ether oxygens (including phenoxy) is 2. The number of nitrogens with one attached hydrogen (secondary N) is 4. The molecular formula is C36H41Cl2N7O3. The van der Waals surface area contributed by atoms with Crippen molar-refractivity contribution in [3.05, 3.63) is 88.3 Å². The normalized spacial score (nSPS) is 14.8. The van der Waals surface area contributed by atoms with E-state index >= 15 is 0 Å². The predicted octanol–water partition coefficient (Wildman–Crippen LogP) is 6.17. The van der Waals surface area contributed by atoms with Crippen molar-refractivity contribution in [3.8, 4) is 45.4 Å². The predicted molar refractivity (Wildman–Crippen MR) is 191 cm³/mol. The Morgan fingerprint density at radius 3 is 2.27 bits per heavy atom. The molecule has 0 bridgehead atoms. The number of amides is 1. The molecule has 48 heavy (non-hydrogen) atoms. The zero-order valence-corrected chi connectivity index (χ0v) is 28.9. The lowest BCUT2D eigenvalue weighted by Crippen LogP contribution is -2.33. The zero-order valence-electron chi connectivity index (χ0n) is 27.4. The van der Waals surface area contributed by atoms with Crippen LogP contribution in [0, 0.1) is 0 Å². The van der Waals surface area contributed by atoms with Crippen LogP contribution >= 0.6 is 23.2 Å². The Morgan fingerprint density at radius 1 is 0.958 bits per heavy atom. The molecule has 0 aliphatic carbocycles. The lowest BCUT2D eigenvalue weighted by atomic mass is 9.98. The van der Waals surface area contributed by atoms with Crippen molar-refractivity contribution in [2.24, 2.45) is 0 Å². The number of rotatable bonds is 16. The third-order valence-corrected chi connectivity index (χ3v) is 9.12. The van der Waals surface area contributed by atoms with Gasteiger partial charge in [0.05, 0.1) is 41.8 Å². The van der Waals surface area contributed by atoms with E-state index in [1.807, 2.05) is 48.5 Å². The van der Waals surface area contributed by atoms with Crippen LogP contribution in [-0.2, 0) is 17.9 Å². The molecule has 2 aromatic carbocycles. The van der Waals surface area contributed by atoms with Gasteiger partial charge >= 0.3 is 0 Å². The van der Waals surface area contributed by atoms with E-state index in [-0.39, 0.29) is 6.04 Å². The van der Waals surface area contributed by atoms with Crippen molar-refractivity contribution in [3.63, 3.8) is 0 Å². The van der Waals surface area contributed by atoms with E-state index in [2.05, 4.69) is 39.8 Å². The van der Waals surface area contributed by atoms with Crippen LogP contribution in [0.2, 0.25) is 10.0 Å². The fraction of sp³-hybridized carbons (Fsp3) is 0.333. The van der Waals surface area contributed by atoms with Gasteiger partial charge in [-0.1, -0.05) is 72.2 Å². The lowest BCUT2D eigenvalue weighted by molar-refractivity contribution is -0.109. The number of halogens is 2. The van der Waals surface area contributed by atoms with Crippen LogP contribution < -0.4 is 30.7 Å². The first-order chi connectivity index (χ1) is 23.3. The fourth-order valence-electron chi connectivity index (χ4n) is 5.66. The maximum atomic E-state index is 10.5. The van der Waals surface area contributed by atoms with E-state index in [1.165, 1.54) is 0 Å². The van der Waals surface area contributed by atoms with Crippen LogP contribution in [0.4, 0.5) is 0 Å². The van der Waals surface area contributed by atoms with Gasteiger partial charge in [-0.2, -0.15) is 0 Å². The van der Waals surface area contributed by atoms with Gasteiger partial charge in [-0.05, 0) is 32.3 Å². The summed E-state index contributed by atoms with van der Waals surface area (Å²) < 4.78 is 11.3. The van der Waals surface area contributed by atoms with Crippen molar-refractivity contribution < 1.29 is 14.3 Å². The number of methoxy groups -OCH3 is 2. The second-order valence-corrected chi connectivity index (χ2v) is 12.4. The van der Waals surface area contributed by atoms with E-state index < -0.39 is 0 Å². The van der Waals surface area contributed by atoms with Crippen LogP contribution in [0.5, 0.6) is 11.8 Å². The molecule has 1 fully saturated rings. The number of carbonyl (C=O) groups is 1. The third kappa shape index (κ3) is 8.43. The number of pyridine rings is 1. The van der Waals surface area contributed by atoms with Gasteiger partial charge in [-0.15, -0.1) is 0 Å². The average molecular weight is 691 g/mol. The van der Waals surface area contributed by atoms with Crippen molar-refractivity contribution in [2.75, 3.05) is 27.3 Å². The van der Waals surface area contributed by atoms with Gasteiger partial charge in [0, 0.05) is 71.8 Å². The van der Waals surface area contributed by atoms with Gasteiger partial charge in [0.2, 0.25) is 18.2 Å². The fourth-order valence-corrected chi connectivity index (χ4v) is 6.31. The molecule has 10 nitrogen and oxygen atoms in total. The Labute approximate surface area is 291 Å². The Balaban J connectivity index is 1.35. The summed E-state index contributed by atoms with van der Waals surface area (Å²) in [5.41, 5.74) is 6.94. The Bertz CT molecular complexity index is 1750. The molecule has 0 unspecified atom stereocenters. The zero-order chi connectivity index (χ0) is 34.0. The first-order valence-corrected chi connectivity index (χ1v) is 16.7. The first kappa shape index (κ1) is 35.1. The number of benzene rings is 2. The SMILES string of the molecule is C=C1CC[C@@H](CNCc2ncc(-c3cccc(-c4cccc(-c5ccc(CN[C@H](C)CCNC=O)c(OC)n5)c4Cl)c3Cl)nc2OC)N1. The molecule has 0 saturated carbocycles. The standard InChI is InChI=1S/C36H41Cl2N7O3/c1-22(15-16-39-21-46)41-17-24-12-14-30(44-35(24)47-3)28-9-5-7-26(33(28)37)27-8-6-10-29(34(27)38)31-20-42-32(36(45-31)48-4)19-40-18-25-13-11-23(2)43-25/h5-10,12,14,20-22,25,40-41,43H,2,11,13,15-19H2,1,3-4H3,(H,39,46)/t22-,25+/m1/s1. The number of hydrogen-bond acceptors (Lipinski definition) is 9. The summed E-state index contributed by atoms with van der Waals surface area (Å²) in [6.07, 6.45) is 5.29. The second kappa shape index (κ2) is 16.7. The summed E-state index contributed by atoms with van der Waals surface area (Å²) in [4.78, 5) is 24.7. The van der Waals surface area contributed by atoms with E-state index in [1.54, 1.807) is 20.4 Å². The van der Waals surface area contributed by atoms with Crippen molar-refractivity contribution in [1.82, 2.24) is 36.2 Å². The first-order valence-electron chi connectivity index (χ1n) is 15.9. The van der Waals surface area contributed by atoms with Gasteiger partial charge in [-0.25, -0.2) is 9.97 Å². The molecule has 12 heteroatoms. The molecule has 1 aliphatic heterocycles. The third-order valence-electron chi connectivity index (χ3n) is 8.31. The average Bonchev–Trinajstić information content (AvgIpc) is 3.52. The quantitative estimate of drug-likeness (QED) is 0.0809. The summed E-state index contributed by atoms with van der Waals surface area (Å²) >= 11 is 14.1. The molecule has 4 aromatic rings. The van der Waals surface area contributed by atoms with Gasteiger partial charge < -0.3 is 30.7 Å². The molecule has 0 radical (unpaired) electrons. The molecule has 2 aromatic heterocycles. The van der Waals surface area contributed by atoms with Crippen molar-refractivity contribution >= 4 is 29.6 Å². The maximum absolute atomic E-state index is 10.5. The summed E-state index contributed by atoms with van der Waals surface area (Å²) in [6, 6.07) is 16.0. The highest BCUT2D eigenvalue weighted by atomic mass is 35.5. The minimum Gasteiger partial charge on any atom is -0.481 e. The van der Waals surface area contributed by atoms with Gasteiger partial charge in [0.15, 0.2) is 0 Å². The van der Waals surface area contributed by atoms with E-state index in [4.69, 9.17) is 42.6 Å². The molecule has 1 amide bonds. The Morgan fingerprint density at radius 2 is 1.62 bits per heavy atom. The van der Waals surface area contributed by atoms with Crippen LogP contribution in [0.15, 0.2) is 67.0 Å². The van der Waals surface area contributed by atoms with Crippen LogP contribution in [0.25, 0.3) is 33.6 Å². The van der Waals surface area contributed by atoms with Crippen LogP contribution in [0.3, 0.4) is 0 Å². The molecule has 252 valence electrons. The lowest BCUT2D eigenvalue weighted by Gasteiger charge is -2.17. The van der Waals surface area contributed by atoms with E-state index in [0.717, 1.165) is 53.8 Å². The van der Waals surface area contributed by atoms with Crippen LogP contribution in [-0.4, -0.2) is 60.8 Å². The molecule has 2 atom stereocenters. The van der Waals surface area contributed by atoms with Gasteiger partial charge in [-0.3, -0.25) is 9.78 Å². The summed E-state index contributed by atoms with van der Waals surface area (Å²) in [5.74, 6) is 0.945. The highest BCUT2D eigenvalue weighted by Gasteiger charge is 2.20. The second-order valence-electron chi connectivity index (χ2n) is 11.7. The van der Waals surface area contributed by atoms with E-state index in [0.29, 0.717) is 76.5 Å². The minimum atomic E-state index is 0.195. The van der Waals surface area contributed by atoms with Crippen molar-refractivity contribution in [1.29, 1.82) is 0 Å². The summed E-state index contributed by atoms with van der Waals surface area (Å²) in [6.45, 7) is 8.56. The summed E-state index contributed by atoms with van der Waals surface area (Å²) in [5, 5.41) is 14.0. The number of allylic oxidation sites excluding steroid dienone is 1. The number of carbonyl (C=O) groups excluding carboxylic acids is 1. The number of nitrogens with zero attached hydrogens (tertiary/aromatic N) is 3. The van der Waals surface area contributed by atoms with Crippen molar-refractivity contribution in [2.45, 2.75) is 51.4 Å². The minimum absolute atomic E-state index is 0.195. The number of hydrogen-bond donors (Lipinski definition) is 4. The molecule has 4 N–H and O–H groups in total. The largest absolute Gasteiger partial charge is 0.481 e. The van der Waals surface area contributed by atoms with E-state index in [9.17, 15) is 4.79 Å². The van der Waals surface area contributed by atoms with Crippen LogP contribution in [0.1, 0.15) is 37.4 Å². The Kier molecular flexibility index (Phi) is 12.2. The maximum Gasteiger partial charge on any atom is 0.237 e. The molecular weight excluding hydrogens is 649 g/mol. The molecule has 3 heterocycles. The topological polar surface area (TPSA) is 122 Å². The number of aromatic nitrogens is 3. The molecule has 0 spiro atoms. The smallest absolute Gasteiger partial charge is 0.237 e. The highest BCUT2D eigenvalue weighted by Crippen LogP contribution is 2.42. The molecule has 1 aliphatic rings. The highest BCUT2D eigenvalue weighted by molar-refractivity contribution is 6.39. The van der Waals surface area contributed by atoms with Gasteiger partial charge in [0.25, 0.3) is 0 Å². The molecule has 5 rings (SSSR count). The monoisotopic (exact) mass is 689 g/mol. The molecule has 1 saturated heterocycles. The van der Waals surface area contributed by atoms with Gasteiger partial charge in [0.1, 0.15) is 5.69 Å².